The van der Waals surface area contributed by atoms with Crippen LogP contribution in [0.5, 0.6) is 0 Å². The maximum absolute atomic E-state index is 14.5. The molecule has 3 aliphatic rings. The Bertz CT molecular complexity index is 1830. The number of esters is 1. The van der Waals surface area contributed by atoms with Gasteiger partial charge in [-0.2, -0.15) is 5.10 Å². The van der Waals surface area contributed by atoms with Crippen molar-refractivity contribution in [3.05, 3.63) is 66.1 Å². The molecule has 51 heavy (non-hydrogen) atoms. The van der Waals surface area contributed by atoms with Gasteiger partial charge in [0.15, 0.2) is 0 Å². The first-order valence-corrected chi connectivity index (χ1v) is 17.5. The van der Waals surface area contributed by atoms with Crippen molar-refractivity contribution in [2.24, 2.45) is 5.92 Å². The first-order valence-electron chi connectivity index (χ1n) is 17.5. The van der Waals surface area contributed by atoms with E-state index in [1.165, 1.54) is 22.1 Å². The standard InChI is InChI=1S/C35H45N9O7/c1-5-50-32(48)35-18-23(35)11-9-7-6-8-10-12-25(39-33(49)51-34(2,3)4)30(46)43-20-24(17-26(43)29(45)40-35)44-31(47)28(42-16-14-37-22-42)27(19-38-44)41-15-13-36-21-41/h9,11,13-16,19,21-26H,5-8,10,12,17-18,20H2,1-4H3,(H,39,49)(H,40,45)/b11-9-/t23-,24-,25+,26+,35-/m1/s1. The molecule has 6 rings (SSSR count). The maximum Gasteiger partial charge on any atom is 0.408 e. The van der Waals surface area contributed by atoms with E-state index in [2.05, 4.69) is 25.7 Å². The minimum Gasteiger partial charge on any atom is -0.464 e. The van der Waals surface area contributed by atoms with E-state index >= 15 is 0 Å². The fourth-order valence-corrected chi connectivity index (χ4v) is 6.88. The van der Waals surface area contributed by atoms with Crippen LogP contribution in [-0.4, -0.2) is 94.0 Å². The Morgan fingerprint density at radius 1 is 1.06 bits per heavy atom. The smallest absolute Gasteiger partial charge is 0.408 e. The third kappa shape index (κ3) is 7.59. The molecular weight excluding hydrogens is 658 g/mol. The average molecular weight is 704 g/mol. The predicted molar refractivity (Wildman–Crippen MR) is 183 cm³/mol. The zero-order valence-electron chi connectivity index (χ0n) is 29.4. The highest BCUT2D eigenvalue weighted by Gasteiger charge is 2.62. The lowest BCUT2D eigenvalue weighted by atomic mass is 10.0. The molecular formula is C35H45N9O7. The summed E-state index contributed by atoms with van der Waals surface area (Å²) in [6.07, 6.45) is 18.0. The molecule has 3 amide bonds. The van der Waals surface area contributed by atoms with Crippen molar-refractivity contribution >= 4 is 23.9 Å². The van der Waals surface area contributed by atoms with Gasteiger partial charge in [0.25, 0.3) is 5.56 Å². The van der Waals surface area contributed by atoms with E-state index in [-0.39, 0.29) is 31.2 Å². The molecule has 3 aromatic rings. The number of allylic oxidation sites excluding steroid dienone is 1. The summed E-state index contributed by atoms with van der Waals surface area (Å²) in [5.41, 5.74) is -1.83. The molecule has 272 valence electrons. The second kappa shape index (κ2) is 14.5. The fourth-order valence-electron chi connectivity index (χ4n) is 6.88. The van der Waals surface area contributed by atoms with Gasteiger partial charge in [0, 0.05) is 43.7 Å². The van der Waals surface area contributed by atoms with Crippen molar-refractivity contribution in [3.63, 3.8) is 0 Å². The number of nitrogens with one attached hydrogen (secondary N) is 2. The third-order valence-electron chi connectivity index (χ3n) is 9.44. The molecule has 1 aliphatic carbocycles. The average Bonchev–Trinajstić information content (AvgIpc) is 3.60. The zero-order chi connectivity index (χ0) is 36.3. The summed E-state index contributed by atoms with van der Waals surface area (Å²) in [4.78, 5) is 78.9. The molecule has 1 saturated heterocycles. The maximum atomic E-state index is 14.5. The summed E-state index contributed by atoms with van der Waals surface area (Å²) >= 11 is 0. The number of nitrogens with zero attached hydrogens (tertiary/aromatic N) is 7. The molecule has 0 spiro atoms. The van der Waals surface area contributed by atoms with Gasteiger partial charge >= 0.3 is 12.1 Å². The quantitative estimate of drug-likeness (QED) is 0.286. The molecule has 0 radical (unpaired) electrons. The highest BCUT2D eigenvalue weighted by molar-refractivity contribution is 5.96. The summed E-state index contributed by atoms with van der Waals surface area (Å²) in [5, 5.41) is 10.2. The second-order valence-electron chi connectivity index (χ2n) is 14.2. The first-order chi connectivity index (χ1) is 24.4. The lowest BCUT2D eigenvalue weighted by Crippen LogP contribution is -2.56. The number of rotatable bonds is 6. The molecule has 2 N–H and O–H groups in total. The molecule has 0 bridgehead atoms. The van der Waals surface area contributed by atoms with E-state index in [0.717, 1.165) is 19.3 Å². The predicted octanol–water partition coefficient (Wildman–Crippen LogP) is 2.61. The van der Waals surface area contributed by atoms with Crippen LogP contribution >= 0.6 is 0 Å². The summed E-state index contributed by atoms with van der Waals surface area (Å²) in [7, 11) is 0. The Morgan fingerprint density at radius 3 is 2.49 bits per heavy atom. The van der Waals surface area contributed by atoms with Gasteiger partial charge in [-0.05, 0) is 53.4 Å². The lowest BCUT2D eigenvalue weighted by Gasteiger charge is -2.30. The molecule has 2 aliphatic heterocycles. The number of aromatic nitrogens is 6. The second-order valence-corrected chi connectivity index (χ2v) is 14.2. The van der Waals surface area contributed by atoms with E-state index in [4.69, 9.17) is 9.47 Å². The highest BCUT2D eigenvalue weighted by Crippen LogP contribution is 2.46. The van der Waals surface area contributed by atoms with Crippen molar-refractivity contribution in [1.29, 1.82) is 0 Å². The van der Waals surface area contributed by atoms with E-state index in [9.17, 15) is 24.0 Å². The van der Waals surface area contributed by atoms with Crippen LogP contribution in [0, 0.1) is 5.92 Å². The van der Waals surface area contributed by atoms with Crippen LogP contribution in [0.2, 0.25) is 0 Å². The Hall–Kier alpha value is -5.28. The number of amides is 3. The number of carbonyl (C=O) groups excluding carboxylic acids is 4. The molecule has 0 aromatic carbocycles. The van der Waals surface area contributed by atoms with Crippen LogP contribution in [0.15, 0.2) is 60.6 Å². The van der Waals surface area contributed by atoms with E-state index < -0.39 is 58.7 Å². The minimum atomic E-state index is -1.26. The van der Waals surface area contributed by atoms with Crippen LogP contribution in [0.1, 0.15) is 78.7 Å². The molecule has 3 aromatic heterocycles. The van der Waals surface area contributed by atoms with Gasteiger partial charge in [-0.15, -0.1) is 0 Å². The summed E-state index contributed by atoms with van der Waals surface area (Å²) in [6, 6.07) is -2.83. The van der Waals surface area contributed by atoms with E-state index in [1.54, 1.807) is 67.9 Å². The molecule has 5 atom stereocenters. The number of alkyl carbamates (subject to hydrolysis) is 1. The first kappa shape index (κ1) is 35.5. The van der Waals surface area contributed by atoms with Gasteiger partial charge in [0.2, 0.25) is 11.8 Å². The molecule has 1 saturated carbocycles. The minimum absolute atomic E-state index is 0.0246. The van der Waals surface area contributed by atoms with Crippen molar-refractivity contribution < 1.29 is 28.7 Å². The van der Waals surface area contributed by atoms with Crippen molar-refractivity contribution in [3.8, 4) is 11.4 Å². The Kier molecular flexibility index (Phi) is 10.1. The van der Waals surface area contributed by atoms with E-state index in [1.807, 2.05) is 12.2 Å². The van der Waals surface area contributed by atoms with Crippen LogP contribution in [0.4, 0.5) is 4.79 Å². The molecule has 2 fully saturated rings. The normalized spacial score (nSPS) is 26.2. The van der Waals surface area contributed by atoms with Gasteiger partial charge in [0.05, 0.1) is 37.2 Å². The summed E-state index contributed by atoms with van der Waals surface area (Å²) < 4.78 is 15.4. The van der Waals surface area contributed by atoms with Crippen molar-refractivity contribution in [2.75, 3.05) is 13.2 Å². The molecule has 5 heterocycles. The Balaban J connectivity index is 1.38. The van der Waals surface area contributed by atoms with Gasteiger partial charge in [-0.3, -0.25) is 19.0 Å². The lowest BCUT2D eigenvalue weighted by molar-refractivity contribution is -0.150. The number of imidazole rings is 2. The van der Waals surface area contributed by atoms with Gasteiger partial charge in [-0.25, -0.2) is 24.2 Å². The third-order valence-corrected chi connectivity index (χ3v) is 9.44. The number of hydrogen-bond acceptors (Lipinski definition) is 10. The largest absolute Gasteiger partial charge is 0.464 e. The number of fused-ring (bicyclic) bond motifs is 2. The van der Waals surface area contributed by atoms with Crippen LogP contribution in [-0.2, 0) is 23.9 Å². The topological polar surface area (TPSA) is 185 Å². The van der Waals surface area contributed by atoms with Crippen LogP contribution in [0.25, 0.3) is 11.4 Å². The Morgan fingerprint density at radius 2 is 1.80 bits per heavy atom. The van der Waals surface area contributed by atoms with Crippen molar-refractivity contribution in [1.82, 2.24) is 44.4 Å². The number of ether oxygens (including phenoxy) is 2. The van der Waals surface area contributed by atoms with Crippen LogP contribution in [0.3, 0.4) is 0 Å². The van der Waals surface area contributed by atoms with Gasteiger partial charge in [0.1, 0.15) is 28.9 Å². The number of carbonyl (C=O) groups is 4. The van der Waals surface area contributed by atoms with Crippen molar-refractivity contribution in [2.45, 2.75) is 102 Å². The monoisotopic (exact) mass is 703 g/mol. The summed E-state index contributed by atoms with van der Waals surface area (Å²) in [6.45, 7) is 6.99. The fraction of sp³-hybridized carbons (Fsp3) is 0.543. The molecule has 16 heteroatoms. The van der Waals surface area contributed by atoms with E-state index in [0.29, 0.717) is 24.9 Å². The number of hydrogen-bond donors (Lipinski definition) is 2. The zero-order valence-corrected chi connectivity index (χ0v) is 29.4. The highest BCUT2D eigenvalue weighted by atomic mass is 16.6. The Labute approximate surface area is 295 Å². The van der Waals surface area contributed by atoms with Gasteiger partial charge < -0.3 is 29.6 Å². The SMILES string of the molecule is CCOC(=O)[C@@]12C[C@H]1/C=C\CCCCC[C@H](NC(=O)OC(C)(C)C)C(=O)N1C[C@H](n3ncc(-n4ccnc4)c(-n4ccnc4)c3=O)C[C@H]1C(=O)N2. The molecule has 16 nitrogen and oxygen atoms in total. The summed E-state index contributed by atoms with van der Waals surface area (Å²) in [5.74, 6) is -1.84. The van der Waals surface area contributed by atoms with Crippen LogP contribution < -0.4 is 16.2 Å². The van der Waals surface area contributed by atoms with Gasteiger partial charge in [-0.1, -0.05) is 25.0 Å². The molecule has 0 unspecified atom stereocenters.